The predicted molar refractivity (Wildman–Crippen MR) is 145 cm³/mol. The van der Waals surface area contributed by atoms with Crippen LogP contribution in [0.2, 0.25) is 0 Å². The van der Waals surface area contributed by atoms with Crippen molar-refractivity contribution in [3.8, 4) is 0 Å². The fourth-order valence-electron chi connectivity index (χ4n) is 5.72. The third kappa shape index (κ3) is 4.89. The minimum Gasteiger partial charge on any atom is -0.372 e. The number of carbonyl (C=O) groups is 2. The molecule has 15 heteroatoms. The molecule has 5 heterocycles. The number of aliphatic hydroxyl groups is 1. The second-order valence-electron chi connectivity index (χ2n) is 10.5. The molecule has 0 aliphatic carbocycles. The number of anilines is 2. The summed E-state index contributed by atoms with van der Waals surface area (Å²) in [5.74, 6) is -0.448. The Morgan fingerprint density at radius 2 is 1.90 bits per heavy atom. The average Bonchev–Trinajstić information content (AvgIpc) is 3.66. The first-order valence-corrected chi connectivity index (χ1v) is 13.3. The van der Waals surface area contributed by atoms with Crippen molar-refractivity contribution >= 4 is 34.4 Å². The van der Waals surface area contributed by atoms with Gasteiger partial charge in [0.1, 0.15) is 17.6 Å². The van der Waals surface area contributed by atoms with E-state index >= 15 is 0 Å². The van der Waals surface area contributed by atoms with Crippen LogP contribution in [0.15, 0.2) is 54.9 Å². The SMILES string of the molecule is Cn1nc(C(F)(F)F)cc1NC(O)CN1CN(c2ccccc2)C2(CCN(C(=O)c3cnc4[nH]ncc4c3)CC2)C1=O. The lowest BCUT2D eigenvalue weighted by Gasteiger charge is -2.43. The monoisotopic (exact) mass is 583 g/mol. The molecule has 12 nitrogen and oxygen atoms in total. The van der Waals surface area contributed by atoms with Gasteiger partial charge in [0.15, 0.2) is 11.3 Å². The number of nitrogens with one attached hydrogen (secondary N) is 2. The van der Waals surface area contributed by atoms with Gasteiger partial charge in [0.05, 0.1) is 25.0 Å². The van der Waals surface area contributed by atoms with Crippen LogP contribution in [-0.4, -0.2) is 89.8 Å². The maximum absolute atomic E-state index is 14.0. The van der Waals surface area contributed by atoms with Gasteiger partial charge in [-0.25, -0.2) is 4.98 Å². The number of nitrogens with zero attached hydrogens (tertiary/aromatic N) is 7. The van der Waals surface area contributed by atoms with Gasteiger partial charge >= 0.3 is 6.18 Å². The zero-order chi connectivity index (χ0) is 29.6. The Morgan fingerprint density at radius 3 is 2.60 bits per heavy atom. The Kier molecular flexibility index (Phi) is 6.75. The highest BCUT2D eigenvalue weighted by Crippen LogP contribution is 2.40. The van der Waals surface area contributed by atoms with Gasteiger partial charge in [-0.1, -0.05) is 18.2 Å². The summed E-state index contributed by atoms with van der Waals surface area (Å²) in [6.07, 6.45) is -2.18. The summed E-state index contributed by atoms with van der Waals surface area (Å²) in [7, 11) is 1.33. The van der Waals surface area contributed by atoms with E-state index in [1.807, 2.05) is 35.2 Å². The smallest absolute Gasteiger partial charge is 0.372 e. The Bertz CT molecular complexity index is 1610. The van der Waals surface area contributed by atoms with Crippen LogP contribution in [0.4, 0.5) is 24.7 Å². The number of β-amino-alcohol motifs (C(OH)–C–C–N with tert-alkyl or cyclic N) is 1. The number of aromatic amines is 1. The summed E-state index contributed by atoms with van der Waals surface area (Å²) in [6.45, 7) is 0.633. The van der Waals surface area contributed by atoms with Gasteiger partial charge in [-0.15, -0.1) is 0 Å². The number of rotatable bonds is 6. The molecule has 42 heavy (non-hydrogen) atoms. The van der Waals surface area contributed by atoms with Crippen LogP contribution in [0.25, 0.3) is 11.0 Å². The third-order valence-corrected chi connectivity index (χ3v) is 7.88. The number of alkyl halides is 3. The van der Waals surface area contributed by atoms with Gasteiger partial charge < -0.3 is 25.1 Å². The van der Waals surface area contributed by atoms with Crippen molar-refractivity contribution in [3.05, 3.63) is 66.1 Å². The van der Waals surface area contributed by atoms with Crippen molar-refractivity contribution in [2.75, 3.05) is 36.5 Å². The first kappa shape index (κ1) is 27.5. The topological polar surface area (TPSA) is 136 Å². The molecule has 3 aromatic heterocycles. The number of H-pyrrole nitrogens is 1. The second-order valence-corrected chi connectivity index (χ2v) is 10.5. The summed E-state index contributed by atoms with van der Waals surface area (Å²) >= 11 is 0. The van der Waals surface area contributed by atoms with E-state index in [1.54, 1.807) is 17.2 Å². The highest BCUT2D eigenvalue weighted by Gasteiger charge is 2.54. The van der Waals surface area contributed by atoms with E-state index in [4.69, 9.17) is 0 Å². The fourth-order valence-corrected chi connectivity index (χ4v) is 5.72. The molecule has 2 aliphatic heterocycles. The predicted octanol–water partition coefficient (Wildman–Crippen LogP) is 2.42. The lowest BCUT2D eigenvalue weighted by molar-refractivity contribution is -0.141. The number of aromatic nitrogens is 5. The maximum atomic E-state index is 14.0. The molecule has 1 spiro atoms. The zero-order valence-corrected chi connectivity index (χ0v) is 22.5. The molecular formula is C27H28F3N9O3. The Hall–Kier alpha value is -4.66. The first-order valence-electron chi connectivity index (χ1n) is 13.3. The lowest BCUT2D eigenvalue weighted by Crippen LogP contribution is -2.57. The van der Waals surface area contributed by atoms with Crippen molar-refractivity contribution in [1.29, 1.82) is 0 Å². The molecular weight excluding hydrogens is 555 g/mol. The Morgan fingerprint density at radius 1 is 1.17 bits per heavy atom. The number of fused-ring (bicyclic) bond motifs is 1. The number of hydrogen-bond acceptors (Lipinski definition) is 8. The standard InChI is InChI=1S/C27H28F3N9O3/c1-36-21(12-20(35-36)27(28,29)30)33-22(40)15-38-16-39(19-5-3-2-4-6-19)26(25(38)42)7-9-37(10-8-26)24(41)18-11-17-14-32-34-23(17)31-13-18/h2-6,11-14,22,33,40H,7-10,15-16H2,1H3,(H,31,32,34). The molecule has 2 aliphatic rings. The van der Waals surface area contributed by atoms with E-state index in [0.717, 1.165) is 21.8 Å². The van der Waals surface area contributed by atoms with E-state index in [9.17, 15) is 27.9 Å². The first-order chi connectivity index (χ1) is 20.0. The van der Waals surface area contributed by atoms with Crippen molar-refractivity contribution in [2.45, 2.75) is 30.8 Å². The summed E-state index contributed by atoms with van der Waals surface area (Å²) in [5, 5.41) is 24.2. The minimum absolute atomic E-state index is 0.0361. The molecule has 3 N–H and O–H groups in total. The molecule has 1 aromatic carbocycles. The molecule has 2 saturated heterocycles. The van der Waals surface area contributed by atoms with Crippen LogP contribution in [-0.2, 0) is 18.0 Å². The van der Waals surface area contributed by atoms with Crippen LogP contribution in [0.3, 0.4) is 0 Å². The third-order valence-electron chi connectivity index (χ3n) is 7.88. The number of halogens is 3. The Labute approximate surface area is 237 Å². The van der Waals surface area contributed by atoms with Gasteiger partial charge in [0.2, 0.25) is 5.91 Å². The molecule has 1 atom stereocenters. The summed E-state index contributed by atoms with van der Waals surface area (Å²) in [6, 6.07) is 11.9. The van der Waals surface area contributed by atoms with Crippen LogP contribution in [0, 0.1) is 0 Å². The van der Waals surface area contributed by atoms with Gasteiger partial charge in [-0.3, -0.25) is 19.4 Å². The molecule has 220 valence electrons. The number of aliphatic hydroxyl groups excluding tert-OH is 1. The van der Waals surface area contributed by atoms with Crippen molar-refractivity contribution in [3.63, 3.8) is 0 Å². The number of carbonyl (C=O) groups excluding carboxylic acids is 2. The molecule has 6 rings (SSSR count). The van der Waals surface area contributed by atoms with E-state index in [-0.39, 0.29) is 30.8 Å². The van der Waals surface area contributed by atoms with Crippen molar-refractivity contribution in [1.82, 2.24) is 34.8 Å². The molecule has 2 amide bonds. The number of aryl methyl sites for hydroxylation is 1. The summed E-state index contributed by atoms with van der Waals surface area (Å²) < 4.78 is 40.2. The van der Waals surface area contributed by atoms with Gasteiger partial charge in [0, 0.05) is 43.5 Å². The van der Waals surface area contributed by atoms with Crippen molar-refractivity contribution < 1.29 is 27.9 Å². The average molecular weight is 584 g/mol. The minimum atomic E-state index is -4.63. The van der Waals surface area contributed by atoms with E-state index in [0.29, 0.717) is 37.1 Å². The van der Waals surface area contributed by atoms with Crippen LogP contribution in [0.1, 0.15) is 28.9 Å². The van der Waals surface area contributed by atoms with Crippen molar-refractivity contribution in [2.24, 2.45) is 7.05 Å². The fraction of sp³-hybridized carbons (Fsp3) is 0.370. The number of likely N-dealkylation sites (tertiary alicyclic amines) is 1. The largest absolute Gasteiger partial charge is 0.435 e. The van der Waals surface area contributed by atoms with Gasteiger partial charge in [-0.2, -0.15) is 23.4 Å². The number of amides is 2. The second kappa shape index (κ2) is 10.3. The van der Waals surface area contributed by atoms with Gasteiger partial charge in [-0.05, 0) is 31.0 Å². The molecule has 4 aromatic rings. The summed E-state index contributed by atoms with van der Waals surface area (Å²) in [4.78, 5) is 36.7. The molecule has 0 bridgehead atoms. The molecule has 2 fully saturated rings. The quantitative estimate of drug-likeness (QED) is 0.295. The lowest BCUT2D eigenvalue weighted by atomic mass is 9.85. The highest BCUT2D eigenvalue weighted by molar-refractivity contribution is 5.98. The molecule has 0 radical (unpaired) electrons. The van der Waals surface area contributed by atoms with E-state index < -0.39 is 23.6 Å². The van der Waals surface area contributed by atoms with Crippen LogP contribution < -0.4 is 10.2 Å². The van der Waals surface area contributed by atoms with E-state index in [2.05, 4.69) is 25.6 Å². The zero-order valence-electron chi connectivity index (χ0n) is 22.5. The summed E-state index contributed by atoms with van der Waals surface area (Å²) in [5.41, 5.74) is -0.224. The number of hydrogen-bond donors (Lipinski definition) is 3. The number of piperidine rings is 1. The van der Waals surface area contributed by atoms with Crippen LogP contribution >= 0.6 is 0 Å². The maximum Gasteiger partial charge on any atom is 0.435 e. The normalized spacial score (nSPS) is 17.8. The molecule has 1 unspecified atom stereocenters. The number of para-hydroxylation sites is 1. The van der Waals surface area contributed by atoms with Gasteiger partial charge in [0.25, 0.3) is 5.91 Å². The highest BCUT2D eigenvalue weighted by atomic mass is 19.4. The number of benzene rings is 1. The molecule has 0 saturated carbocycles. The number of pyridine rings is 1. The van der Waals surface area contributed by atoms with Crippen LogP contribution in [0.5, 0.6) is 0 Å². The Balaban J connectivity index is 1.19. The van der Waals surface area contributed by atoms with E-state index in [1.165, 1.54) is 18.1 Å².